The standard InChI is InChI=1S/C83H63N3/c1-3-19-53(20-4-1)57-23-17-25-60(45-57)78-84-77(85-79(86-78)61-26-18-24-58(46-61)54-21-5-2-6-22-54)56-39-37-55(38-40-56)59-41-42-76-73(47-59)70-32-12-9-29-67(70)63-49-81(76)44-43-62-48-82(74-35-15-13-33-71(74)68-30-10-7-27-65(62)68)51-64-52-83(50-63,80(81)82)75-36-16-14-34-72(75)69-31-11-8-28-66(64)69/h1-42,45-47,62-64,80H,43-44,48-52H2. The molecule has 7 atom stereocenters. The van der Waals surface area contributed by atoms with E-state index in [-0.39, 0.29) is 16.2 Å². The molecule has 0 radical (unpaired) electrons. The molecular weight excluding hydrogens is 1040 g/mol. The summed E-state index contributed by atoms with van der Waals surface area (Å²) >= 11 is 0. The van der Waals surface area contributed by atoms with E-state index in [1.807, 2.05) is 0 Å². The zero-order valence-corrected chi connectivity index (χ0v) is 48.1. The van der Waals surface area contributed by atoms with Gasteiger partial charge < -0.3 is 0 Å². The van der Waals surface area contributed by atoms with Crippen LogP contribution in [0.2, 0.25) is 0 Å². The molecule has 0 saturated heterocycles. The molecule has 6 aliphatic rings. The van der Waals surface area contributed by atoms with Gasteiger partial charge in [0, 0.05) is 32.9 Å². The fourth-order valence-electron chi connectivity index (χ4n) is 18.8. The van der Waals surface area contributed by atoms with Gasteiger partial charge >= 0.3 is 0 Å². The fourth-order valence-corrected chi connectivity index (χ4v) is 18.8. The molecule has 86 heavy (non-hydrogen) atoms. The van der Waals surface area contributed by atoms with Gasteiger partial charge in [0.05, 0.1) is 0 Å². The van der Waals surface area contributed by atoms with E-state index in [1.165, 1.54) is 75.8 Å². The lowest BCUT2D eigenvalue weighted by molar-refractivity contribution is -0.0410. The average molecular weight is 1100 g/mol. The molecule has 1 heterocycles. The predicted molar refractivity (Wildman–Crippen MR) is 351 cm³/mol. The summed E-state index contributed by atoms with van der Waals surface area (Å²) in [6.07, 6.45) is 8.17. The first-order chi connectivity index (χ1) is 42.5. The molecule has 7 unspecified atom stereocenters. The van der Waals surface area contributed by atoms with Gasteiger partial charge in [-0.3, -0.25) is 0 Å². The summed E-state index contributed by atoms with van der Waals surface area (Å²) in [5.41, 5.74) is 27.6. The highest BCUT2D eigenvalue weighted by Crippen LogP contribution is 2.77. The quantitative estimate of drug-likeness (QED) is 0.167. The van der Waals surface area contributed by atoms with Gasteiger partial charge in [0.25, 0.3) is 0 Å². The summed E-state index contributed by atoms with van der Waals surface area (Å²) < 4.78 is 0. The van der Waals surface area contributed by atoms with E-state index in [1.54, 1.807) is 27.8 Å². The third-order valence-corrected chi connectivity index (χ3v) is 21.8. The van der Waals surface area contributed by atoms with Crippen molar-refractivity contribution in [1.82, 2.24) is 15.0 Å². The largest absolute Gasteiger partial charge is 0.208 e. The van der Waals surface area contributed by atoms with E-state index in [4.69, 9.17) is 15.0 Å². The minimum Gasteiger partial charge on any atom is -0.208 e. The van der Waals surface area contributed by atoms with Crippen molar-refractivity contribution in [2.45, 2.75) is 78.9 Å². The minimum atomic E-state index is -0.113. The molecule has 0 N–H and O–H groups in total. The van der Waals surface area contributed by atoms with Crippen molar-refractivity contribution >= 4 is 0 Å². The third kappa shape index (κ3) is 7.49. The SMILES string of the molecule is c1ccc(-c2cccc(-c3nc(-c4ccc(-c5ccc6c(c5)-c5ccccc5C5CC67CCC6CC8(CC9CC(C5)(c5ccccc5-c5ccccc59)C78)c5ccccc5-c5ccccc56)cc4)nc(-c4cccc(-c5ccccc5)c4)n3)c2)cc1. The second-order valence-corrected chi connectivity index (χ2v) is 25.9. The lowest BCUT2D eigenvalue weighted by Crippen LogP contribution is -2.64. The number of hydrogen-bond acceptors (Lipinski definition) is 3. The second-order valence-electron chi connectivity index (χ2n) is 25.9. The molecule has 3 saturated carbocycles. The van der Waals surface area contributed by atoms with Crippen molar-refractivity contribution in [2.75, 3.05) is 0 Å². The van der Waals surface area contributed by atoms with Crippen molar-refractivity contribution in [3.8, 4) is 101 Å². The van der Waals surface area contributed by atoms with E-state index in [9.17, 15) is 0 Å². The maximum atomic E-state index is 5.30. The first kappa shape index (κ1) is 49.8. The zero-order valence-electron chi connectivity index (χ0n) is 48.1. The summed E-state index contributed by atoms with van der Waals surface area (Å²) in [7, 11) is 0. The van der Waals surface area contributed by atoms with Crippen LogP contribution in [0.4, 0.5) is 0 Å². The average Bonchev–Trinajstić information content (AvgIpc) is 1.38. The maximum Gasteiger partial charge on any atom is 0.164 e. The van der Waals surface area contributed by atoms with Crippen LogP contribution in [-0.4, -0.2) is 15.0 Å². The van der Waals surface area contributed by atoms with E-state index >= 15 is 0 Å². The molecule has 3 spiro atoms. The van der Waals surface area contributed by atoms with Gasteiger partial charge in [-0.2, -0.15) is 0 Å². The molecule has 0 amide bonds. The molecular formula is C83H63N3. The topological polar surface area (TPSA) is 38.7 Å². The number of benzene rings is 11. The molecule has 3 nitrogen and oxygen atoms in total. The first-order valence-corrected chi connectivity index (χ1v) is 31.3. The Morgan fingerprint density at radius 1 is 0.244 bits per heavy atom. The molecule has 410 valence electrons. The van der Waals surface area contributed by atoms with Gasteiger partial charge in [0.15, 0.2) is 17.5 Å². The number of rotatable bonds is 6. The normalized spacial score (nSPS) is 23.2. The molecule has 6 bridgehead atoms. The molecule has 12 aromatic rings. The van der Waals surface area contributed by atoms with Crippen molar-refractivity contribution < 1.29 is 0 Å². The summed E-state index contributed by atoms with van der Waals surface area (Å²) in [4.78, 5) is 15.8. The maximum absolute atomic E-state index is 5.30. The predicted octanol–water partition coefficient (Wildman–Crippen LogP) is 20.7. The Hall–Kier alpha value is -9.57. The van der Waals surface area contributed by atoms with Gasteiger partial charge in [-0.25, -0.2) is 15.0 Å². The Bertz CT molecular complexity index is 4580. The summed E-state index contributed by atoms with van der Waals surface area (Å²) in [5.74, 6) is 3.56. The number of hydrogen-bond donors (Lipinski definition) is 0. The van der Waals surface area contributed by atoms with Crippen LogP contribution in [0.1, 0.15) is 96.1 Å². The minimum absolute atomic E-state index is 0.0899. The van der Waals surface area contributed by atoms with E-state index in [0.29, 0.717) is 41.1 Å². The van der Waals surface area contributed by atoms with Crippen LogP contribution in [-0.2, 0) is 16.2 Å². The zero-order chi connectivity index (χ0) is 56.6. The van der Waals surface area contributed by atoms with Crippen LogP contribution >= 0.6 is 0 Å². The van der Waals surface area contributed by atoms with Crippen LogP contribution in [0.3, 0.4) is 0 Å². The van der Waals surface area contributed by atoms with Crippen LogP contribution < -0.4 is 0 Å². The Balaban J connectivity index is 0.807. The van der Waals surface area contributed by atoms with Gasteiger partial charge in [0.1, 0.15) is 0 Å². The molecule has 6 aliphatic carbocycles. The Kier molecular flexibility index (Phi) is 11.1. The summed E-state index contributed by atoms with van der Waals surface area (Å²) in [6, 6.07) is 103. The molecule has 3 heteroatoms. The van der Waals surface area contributed by atoms with E-state index in [2.05, 4.69) is 273 Å². The van der Waals surface area contributed by atoms with Crippen molar-refractivity contribution in [1.29, 1.82) is 0 Å². The number of fused-ring (bicyclic) bond motifs is 15. The van der Waals surface area contributed by atoms with Crippen LogP contribution in [0.15, 0.2) is 273 Å². The van der Waals surface area contributed by atoms with Crippen LogP contribution in [0.25, 0.3) is 101 Å². The number of aromatic nitrogens is 3. The van der Waals surface area contributed by atoms with Crippen molar-refractivity contribution in [3.05, 3.63) is 306 Å². The Morgan fingerprint density at radius 2 is 0.593 bits per heavy atom. The molecule has 1 aromatic heterocycles. The first-order valence-electron chi connectivity index (χ1n) is 31.3. The highest BCUT2D eigenvalue weighted by molar-refractivity contribution is 5.84. The van der Waals surface area contributed by atoms with Gasteiger partial charge in [-0.15, -0.1) is 0 Å². The van der Waals surface area contributed by atoms with Gasteiger partial charge in [0.2, 0.25) is 0 Å². The van der Waals surface area contributed by atoms with Crippen molar-refractivity contribution in [3.63, 3.8) is 0 Å². The lowest BCUT2D eigenvalue weighted by Gasteiger charge is -2.67. The van der Waals surface area contributed by atoms with Gasteiger partial charge in [-0.05, 0) is 187 Å². The third-order valence-electron chi connectivity index (χ3n) is 21.8. The molecule has 18 rings (SSSR count). The smallest absolute Gasteiger partial charge is 0.164 e. The lowest BCUT2D eigenvalue weighted by atomic mass is 9.36. The summed E-state index contributed by atoms with van der Waals surface area (Å²) in [5, 5.41) is 0. The Labute approximate surface area is 504 Å². The van der Waals surface area contributed by atoms with Crippen molar-refractivity contribution in [2.24, 2.45) is 5.92 Å². The van der Waals surface area contributed by atoms with E-state index in [0.717, 1.165) is 58.2 Å². The highest BCUT2D eigenvalue weighted by atomic mass is 15.0. The Morgan fingerprint density at radius 3 is 1.13 bits per heavy atom. The second kappa shape index (κ2) is 19.2. The molecule has 11 aromatic carbocycles. The summed E-state index contributed by atoms with van der Waals surface area (Å²) in [6.45, 7) is 0. The highest BCUT2D eigenvalue weighted by Gasteiger charge is 2.71. The van der Waals surface area contributed by atoms with Gasteiger partial charge in [-0.1, -0.05) is 255 Å². The molecule has 3 fully saturated rings. The van der Waals surface area contributed by atoms with Crippen LogP contribution in [0, 0.1) is 5.92 Å². The molecule has 0 aliphatic heterocycles. The fraction of sp³-hybridized carbons (Fsp3) is 0.169. The number of nitrogens with zero attached hydrogens (tertiary/aromatic N) is 3. The van der Waals surface area contributed by atoms with E-state index < -0.39 is 0 Å². The monoisotopic (exact) mass is 1100 g/mol. The van der Waals surface area contributed by atoms with Crippen LogP contribution in [0.5, 0.6) is 0 Å².